The molecule has 1 atom stereocenters. The molecular formula is C11H27N3O2. The van der Waals surface area contributed by atoms with E-state index in [0.717, 1.165) is 19.6 Å². The first-order chi connectivity index (χ1) is 7.74. The summed E-state index contributed by atoms with van der Waals surface area (Å²) in [6.07, 6.45) is 0. The zero-order valence-corrected chi connectivity index (χ0v) is 11.5. The van der Waals surface area contributed by atoms with Gasteiger partial charge >= 0.3 is 0 Å². The van der Waals surface area contributed by atoms with Crippen LogP contribution in [0.2, 0.25) is 0 Å². The molecule has 0 radical (unpaired) electrons. The summed E-state index contributed by atoms with van der Waals surface area (Å²) in [6, 6.07) is -0.149. The average Bonchev–Trinajstić information content (AvgIpc) is 2.34. The van der Waals surface area contributed by atoms with Gasteiger partial charge in [0.1, 0.15) is 6.04 Å². The van der Waals surface area contributed by atoms with Crippen molar-refractivity contribution >= 4 is 5.91 Å². The van der Waals surface area contributed by atoms with Crippen molar-refractivity contribution in [2.45, 2.75) is 33.7 Å². The minimum atomic E-state index is -0.149. The third kappa shape index (κ3) is 7.62. The van der Waals surface area contributed by atoms with E-state index in [9.17, 15) is 4.79 Å². The molecule has 1 amide bonds. The van der Waals surface area contributed by atoms with E-state index in [1.807, 2.05) is 34.7 Å². The Bertz CT molecular complexity index is 165. The van der Waals surface area contributed by atoms with Gasteiger partial charge in [0.25, 0.3) is 5.91 Å². The van der Waals surface area contributed by atoms with E-state index in [1.54, 1.807) is 0 Å². The number of likely N-dealkylation sites (N-methyl/N-ethyl adjacent to an activating group) is 1. The normalized spacial score (nSPS) is 19.8. The second-order valence-electron chi connectivity index (χ2n) is 2.94. The number of nitrogens with one attached hydrogen (secondary N) is 2. The summed E-state index contributed by atoms with van der Waals surface area (Å²) in [5, 5.41) is 3.10. The number of piperazine rings is 1. The first-order valence-electron chi connectivity index (χ1n) is 5.99. The summed E-state index contributed by atoms with van der Waals surface area (Å²) >= 11 is 0. The zero-order valence-electron chi connectivity index (χ0n) is 11.5. The largest absolute Gasteiger partial charge is 0.303 e. The monoisotopic (exact) mass is 233 g/mol. The molecule has 1 aliphatic heterocycles. The van der Waals surface area contributed by atoms with E-state index in [2.05, 4.69) is 20.5 Å². The van der Waals surface area contributed by atoms with Crippen LogP contribution in [0.1, 0.15) is 27.7 Å². The molecular weight excluding hydrogens is 206 g/mol. The van der Waals surface area contributed by atoms with Crippen LogP contribution in [-0.4, -0.2) is 50.6 Å². The molecule has 0 aliphatic carbocycles. The van der Waals surface area contributed by atoms with Crippen LogP contribution >= 0.6 is 0 Å². The Morgan fingerprint density at radius 3 is 2.38 bits per heavy atom. The Morgan fingerprint density at radius 2 is 1.94 bits per heavy atom. The fourth-order valence-corrected chi connectivity index (χ4v) is 1.24. The molecule has 1 fully saturated rings. The van der Waals surface area contributed by atoms with Gasteiger partial charge in [0.05, 0.1) is 7.11 Å². The van der Waals surface area contributed by atoms with Crippen molar-refractivity contribution in [2.24, 2.45) is 0 Å². The second-order valence-corrected chi connectivity index (χ2v) is 2.94. The molecule has 1 heterocycles. The summed E-state index contributed by atoms with van der Waals surface area (Å²) in [5.74, 6) is -0.107. The highest BCUT2D eigenvalue weighted by molar-refractivity contribution is 5.81. The fourth-order valence-electron chi connectivity index (χ4n) is 1.24. The van der Waals surface area contributed by atoms with Gasteiger partial charge < -0.3 is 10.2 Å². The van der Waals surface area contributed by atoms with Gasteiger partial charge in [0.2, 0.25) is 0 Å². The standard InChI is InChI=1S/C7H15N3O2.2C2H6/c1-10-4-3-8-6(5-10)7(11)9-12-2;2*1-2/h6,8H,3-5H2,1-2H3,(H,9,11);2*1-2H3. The van der Waals surface area contributed by atoms with Gasteiger partial charge in [-0.05, 0) is 7.05 Å². The van der Waals surface area contributed by atoms with Crippen molar-refractivity contribution in [3.05, 3.63) is 0 Å². The van der Waals surface area contributed by atoms with Gasteiger partial charge in [0, 0.05) is 19.6 Å². The van der Waals surface area contributed by atoms with Gasteiger partial charge in [-0.3, -0.25) is 9.63 Å². The first-order valence-corrected chi connectivity index (χ1v) is 5.99. The third-order valence-electron chi connectivity index (χ3n) is 1.90. The average molecular weight is 233 g/mol. The van der Waals surface area contributed by atoms with Crippen LogP contribution in [0.4, 0.5) is 0 Å². The van der Waals surface area contributed by atoms with Gasteiger partial charge in [-0.15, -0.1) is 0 Å². The first kappa shape index (κ1) is 17.7. The van der Waals surface area contributed by atoms with Crippen molar-refractivity contribution in [2.75, 3.05) is 33.8 Å². The number of carbonyl (C=O) groups is 1. The van der Waals surface area contributed by atoms with Crippen molar-refractivity contribution < 1.29 is 9.63 Å². The Kier molecular flexibility index (Phi) is 13.8. The smallest absolute Gasteiger partial charge is 0.261 e. The highest BCUT2D eigenvalue weighted by atomic mass is 16.6. The summed E-state index contributed by atoms with van der Waals surface area (Å²) in [6.45, 7) is 10.6. The van der Waals surface area contributed by atoms with Crippen molar-refractivity contribution in [3.63, 3.8) is 0 Å². The van der Waals surface area contributed by atoms with Gasteiger partial charge in [0.15, 0.2) is 0 Å². The van der Waals surface area contributed by atoms with Gasteiger partial charge in [-0.1, -0.05) is 27.7 Å². The lowest BCUT2D eigenvalue weighted by Gasteiger charge is -2.29. The molecule has 0 saturated carbocycles. The molecule has 0 aromatic rings. The van der Waals surface area contributed by atoms with E-state index in [0.29, 0.717) is 0 Å². The zero-order chi connectivity index (χ0) is 13.0. The number of hydroxylamine groups is 1. The molecule has 0 aromatic heterocycles. The summed E-state index contributed by atoms with van der Waals surface area (Å²) < 4.78 is 0. The maximum atomic E-state index is 11.2. The predicted octanol–water partition coefficient (Wildman–Crippen LogP) is 0.620. The molecule has 98 valence electrons. The number of amides is 1. The lowest BCUT2D eigenvalue weighted by Crippen LogP contribution is -2.55. The lowest BCUT2D eigenvalue weighted by molar-refractivity contribution is -0.134. The fraction of sp³-hybridized carbons (Fsp3) is 0.909. The molecule has 5 heteroatoms. The molecule has 0 spiro atoms. The number of nitrogens with zero attached hydrogens (tertiary/aromatic N) is 1. The third-order valence-corrected chi connectivity index (χ3v) is 1.90. The Labute approximate surface area is 99.5 Å². The molecule has 1 unspecified atom stereocenters. The van der Waals surface area contributed by atoms with Crippen LogP contribution in [0, 0.1) is 0 Å². The molecule has 0 aromatic carbocycles. The Balaban J connectivity index is 0. The number of rotatable bonds is 2. The summed E-state index contributed by atoms with van der Waals surface area (Å²) in [5.41, 5.74) is 2.31. The molecule has 1 saturated heterocycles. The Morgan fingerprint density at radius 1 is 1.38 bits per heavy atom. The van der Waals surface area contributed by atoms with Crippen molar-refractivity contribution in [1.82, 2.24) is 15.7 Å². The van der Waals surface area contributed by atoms with Crippen LogP contribution < -0.4 is 10.8 Å². The van der Waals surface area contributed by atoms with Crippen molar-refractivity contribution in [3.8, 4) is 0 Å². The highest BCUT2D eigenvalue weighted by Crippen LogP contribution is 1.95. The van der Waals surface area contributed by atoms with E-state index in [-0.39, 0.29) is 11.9 Å². The molecule has 1 rings (SSSR count). The highest BCUT2D eigenvalue weighted by Gasteiger charge is 2.22. The van der Waals surface area contributed by atoms with E-state index < -0.39 is 0 Å². The van der Waals surface area contributed by atoms with Gasteiger partial charge in [-0.25, -0.2) is 5.48 Å². The summed E-state index contributed by atoms with van der Waals surface area (Å²) in [7, 11) is 3.43. The second kappa shape index (κ2) is 12.4. The molecule has 1 aliphatic rings. The molecule has 5 nitrogen and oxygen atoms in total. The molecule has 2 N–H and O–H groups in total. The minimum absolute atomic E-state index is 0.107. The predicted molar refractivity (Wildman–Crippen MR) is 67.1 cm³/mol. The Hall–Kier alpha value is -0.650. The molecule has 16 heavy (non-hydrogen) atoms. The number of carbonyl (C=O) groups excluding carboxylic acids is 1. The van der Waals surface area contributed by atoms with Crippen LogP contribution in [0.5, 0.6) is 0 Å². The van der Waals surface area contributed by atoms with Crippen LogP contribution in [-0.2, 0) is 9.63 Å². The minimum Gasteiger partial charge on any atom is -0.303 e. The topological polar surface area (TPSA) is 53.6 Å². The lowest BCUT2D eigenvalue weighted by atomic mass is 10.2. The van der Waals surface area contributed by atoms with Crippen molar-refractivity contribution in [1.29, 1.82) is 0 Å². The van der Waals surface area contributed by atoms with E-state index in [4.69, 9.17) is 0 Å². The summed E-state index contributed by atoms with van der Waals surface area (Å²) in [4.78, 5) is 17.9. The van der Waals surface area contributed by atoms with E-state index >= 15 is 0 Å². The maximum absolute atomic E-state index is 11.2. The maximum Gasteiger partial charge on any atom is 0.261 e. The van der Waals surface area contributed by atoms with E-state index in [1.165, 1.54) is 7.11 Å². The van der Waals surface area contributed by atoms with Crippen LogP contribution in [0.25, 0.3) is 0 Å². The quantitative estimate of drug-likeness (QED) is 0.687. The molecule has 0 bridgehead atoms. The number of hydrogen-bond donors (Lipinski definition) is 2. The number of hydrogen-bond acceptors (Lipinski definition) is 4. The van der Waals surface area contributed by atoms with Gasteiger partial charge in [-0.2, -0.15) is 0 Å². The van der Waals surface area contributed by atoms with Crippen LogP contribution in [0.3, 0.4) is 0 Å². The SMILES string of the molecule is CC.CC.CONC(=O)C1CN(C)CCN1. The van der Waals surface area contributed by atoms with Crippen LogP contribution in [0.15, 0.2) is 0 Å².